The smallest absolute Gasteiger partial charge is 0.207 e. The van der Waals surface area contributed by atoms with E-state index in [4.69, 9.17) is 0 Å². The molecule has 0 heterocycles. The first-order valence-electron chi connectivity index (χ1n) is 6.74. The van der Waals surface area contributed by atoms with Crippen LogP contribution >= 0.6 is 0 Å². The van der Waals surface area contributed by atoms with Crippen LogP contribution in [0.4, 0.5) is 0 Å². The van der Waals surface area contributed by atoms with Crippen molar-refractivity contribution in [2.75, 3.05) is 13.1 Å². The fourth-order valence-electron chi connectivity index (χ4n) is 1.63. The van der Waals surface area contributed by atoms with Gasteiger partial charge in [0.15, 0.2) is 0 Å². The van der Waals surface area contributed by atoms with Gasteiger partial charge in [-0.05, 0) is 18.6 Å². The van der Waals surface area contributed by atoms with Gasteiger partial charge in [-0.1, -0.05) is 43.5 Å². The van der Waals surface area contributed by atoms with Gasteiger partial charge in [0.2, 0.25) is 10.0 Å². The van der Waals surface area contributed by atoms with Crippen molar-refractivity contribution in [3.05, 3.63) is 43.0 Å². The monoisotopic (exact) mass is 291 g/mol. The number of hydrogen-bond acceptors (Lipinski definition) is 2. The molecule has 0 atom stereocenters. The van der Waals surface area contributed by atoms with Crippen LogP contribution in [0, 0.1) is 11.8 Å². The van der Waals surface area contributed by atoms with E-state index in [9.17, 15) is 8.42 Å². The molecule has 0 N–H and O–H groups in total. The van der Waals surface area contributed by atoms with Gasteiger partial charge in [0.05, 0.1) is 11.4 Å². The highest BCUT2D eigenvalue weighted by Crippen LogP contribution is 2.14. The minimum atomic E-state index is -3.50. The summed E-state index contributed by atoms with van der Waals surface area (Å²) in [6.45, 7) is 6.18. The van der Waals surface area contributed by atoms with Crippen molar-refractivity contribution in [3.63, 3.8) is 0 Å². The van der Waals surface area contributed by atoms with E-state index in [1.54, 1.807) is 36.4 Å². The zero-order valence-corrected chi connectivity index (χ0v) is 12.7. The Kier molecular flexibility index (Phi) is 7.06. The molecule has 0 unspecified atom stereocenters. The van der Waals surface area contributed by atoms with Gasteiger partial charge in [0, 0.05) is 13.0 Å². The predicted molar refractivity (Wildman–Crippen MR) is 82.7 cm³/mol. The summed E-state index contributed by atoms with van der Waals surface area (Å²) in [5, 5.41) is 0. The second-order valence-corrected chi connectivity index (χ2v) is 6.29. The third kappa shape index (κ3) is 4.84. The highest BCUT2D eigenvalue weighted by Gasteiger charge is 2.21. The summed E-state index contributed by atoms with van der Waals surface area (Å²) in [7, 11) is -3.50. The maximum atomic E-state index is 12.5. The number of benzene rings is 1. The highest BCUT2D eigenvalue weighted by molar-refractivity contribution is 7.89. The molecule has 0 aliphatic rings. The molecule has 0 radical (unpaired) electrons. The van der Waals surface area contributed by atoms with E-state index in [0.29, 0.717) is 0 Å². The normalized spacial score (nSPS) is 10.9. The maximum Gasteiger partial charge on any atom is 0.244 e. The minimum Gasteiger partial charge on any atom is -0.207 e. The van der Waals surface area contributed by atoms with Gasteiger partial charge in [0.25, 0.3) is 0 Å². The van der Waals surface area contributed by atoms with Crippen molar-refractivity contribution in [2.24, 2.45) is 0 Å². The third-order valence-corrected chi connectivity index (χ3v) is 4.58. The summed E-state index contributed by atoms with van der Waals surface area (Å²) in [5.41, 5.74) is 0. The minimum absolute atomic E-state index is 0.201. The van der Waals surface area contributed by atoms with E-state index in [1.807, 2.05) is 0 Å². The van der Waals surface area contributed by atoms with E-state index in [-0.39, 0.29) is 18.0 Å². The van der Waals surface area contributed by atoms with Gasteiger partial charge in [-0.2, -0.15) is 4.31 Å². The summed E-state index contributed by atoms with van der Waals surface area (Å²) in [4.78, 5) is 0.289. The van der Waals surface area contributed by atoms with Crippen molar-refractivity contribution in [2.45, 2.75) is 31.1 Å². The molecule has 20 heavy (non-hydrogen) atoms. The largest absolute Gasteiger partial charge is 0.244 e. The average molecular weight is 291 g/mol. The molecule has 0 saturated carbocycles. The molecule has 0 aliphatic heterocycles. The van der Waals surface area contributed by atoms with E-state index < -0.39 is 10.0 Å². The Morgan fingerprint density at radius 3 is 2.55 bits per heavy atom. The van der Waals surface area contributed by atoms with Crippen LogP contribution in [0.5, 0.6) is 0 Å². The van der Waals surface area contributed by atoms with E-state index in [0.717, 1.165) is 19.3 Å². The Morgan fingerprint density at radius 2 is 1.95 bits per heavy atom. The molecule has 1 rings (SSSR count). The Morgan fingerprint density at radius 1 is 1.25 bits per heavy atom. The van der Waals surface area contributed by atoms with Crippen LogP contribution in [0.25, 0.3) is 0 Å². The lowest BCUT2D eigenvalue weighted by molar-refractivity contribution is 0.478. The second kappa shape index (κ2) is 8.57. The van der Waals surface area contributed by atoms with Gasteiger partial charge in [-0.15, -0.1) is 12.5 Å². The molecule has 108 valence electrons. The van der Waals surface area contributed by atoms with Crippen molar-refractivity contribution in [1.29, 1.82) is 0 Å². The van der Waals surface area contributed by atoms with Crippen LogP contribution in [0.1, 0.15) is 26.2 Å². The van der Waals surface area contributed by atoms with E-state index >= 15 is 0 Å². The standard InChI is InChI=1S/C16H21NO2S/c1-3-5-6-7-11-15-17(14-4-2)20(18,19)16-12-9-8-10-13-16/h4,8-10,12-13H,2-3,5-6,14-15H2,1H3. The second-order valence-electron chi connectivity index (χ2n) is 4.36. The quantitative estimate of drug-likeness (QED) is 0.440. The van der Waals surface area contributed by atoms with Gasteiger partial charge in [-0.25, -0.2) is 8.42 Å². The average Bonchev–Trinajstić information content (AvgIpc) is 2.46. The zero-order valence-electron chi connectivity index (χ0n) is 11.9. The van der Waals surface area contributed by atoms with E-state index in [1.165, 1.54) is 4.31 Å². The molecule has 0 amide bonds. The van der Waals surface area contributed by atoms with Crippen LogP contribution in [0.2, 0.25) is 0 Å². The Bertz CT molecular complexity index is 567. The highest BCUT2D eigenvalue weighted by atomic mass is 32.2. The molecule has 0 fully saturated rings. The number of nitrogens with zero attached hydrogens (tertiary/aromatic N) is 1. The first-order valence-corrected chi connectivity index (χ1v) is 8.18. The zero-order chi connectivity index (χ0) is 14.8. The Balaban J connectivity index is 2.84. The number of unbranched alkanes of at least 4 members (excludes halogenated alkanes) is 2. The van der Waals surface area contributed by atoms with Crippen molar-refractivity contribution < 1.29 is 8.42 Å². The molecule has 3 nitrogen and oxygen atoms in total. The van der Waals surface area contributed by atoms with Crippen molar-refractivity contribution in [3.8, 4) is 11.8 Å². The molecule has 1 aromatic carbocycles. The first-order chi connectivity index (χ1) is 9.62. The summed E-state index contributed by atoms with van der Waals surface area (Å²) in [5.74, 6) is 5.94. The molecule has 0 bridgehead atoms. The first kappa shape index (κ1) is 16.5. The lowest BCUT2D eigenvalue weighted by Crippen LogP contribution is -2.31. The van der Waals surface area contributed by atoms with Crippen LogP contribution in [0.15, 0.2) is 47.9 Å². The lowest BCUT2D eigenvalue weighted by Gasteiger charge is -2.18. The molecule has 0 aliphatic carbocycles. The molecule has 0 spiro atoms. The number of rotatable bonds is 7. The molecular formula is C16H21NO2S. The van der Waals surface area contributed by atoms with Crippen LogP contribution in [0.3, 0.4) is 0 Å². The summed E-state index contributed by atoms with van der Waals surface area (Å²) < 4.78 is 26.2. The lowest BCUT2D eigenvalue weighted by atomic mass is 10.2. The van der Waals surface area contributed by atoms with Crippen molar-refractivity contribution >= 4 is 10.0 Å². The summed E-state index contributed by atoms with van der Waals surface area (Å²) in [6.07, 6.45) is 4.52. The van der Waals surface area contributed by atoms with Crippen molar-refractivity contribution in [1.82, 2.24) is 4.31 Å². The molecule has 0 saturated heterocycles. The Labute approximate surface area is 122 Å². The number of hydrogen-bond donors (Lipinski definition) is 0. The number of sulfonamides is 1. The molecule has 4 heteroatoms. The van der Waals surface area contributed by atoms with Crippen LogP contribution < -0.4 is 0 Å². The predicted octanol–water partition coefficient (Wildman–Crippen LogP) is 3.06. The van der Waals surface area contributed by atoms with Gasteiger partial charge < -0.3 is 0 Å². The molecular weight excluding hydrogens is 270 g/mol. The fourth-order valence-corrected chi connectivity index (χ4v) is 2.97. The Hall–Kier alpha value is -1.57. The summed E-state index contributed by atoms with van der Waals surface area (Å²) in [6, 6.07) is 8.41. The maximum absolute atomic E-state index is 12.5. The summed E-state index contributed by atoms with van der Waals surface area (Å²) >= 11 is 0. The van der Waals surface area contributed by atoms with Crippen LogP contribution in [-0.2, 0) is 10.0 Å². The fraction of sp³-hybridized carbons (Fsp3) is 0.375. The molecule has 0 aromatic heterocycles. The van der Waals surface area contributed by atoms with Gasteiger partial charge in [0.1, 0.15) is 0 Å². The molecule has 1 aromatic rings. The topological polar surface area (TPSA) is 37.4 Å². The third-order valence-electron chi connectivity index (χ3n) is 2.75. The van der Waals surface area contributed by atoms with E-state index in [2.05, 4.69) is 25.3 Å². The SMILES string of the molecule is C=CCN(CC#CCCCC)S(=O)(=O)c1ccccc1. The van der Waals surface area contributed by atoms with Gasteiger partial charge in [-0.3, -0.25) is 0 Å². The van der Waals surface area contributed by atoms with Gasteiger partial charge >= 0.3 is 0 Å². The van der Waals surface area contributed by atoms with Crippen LogP contribution in [-0.4, -0.2) is 25.8 Å².